The maximum absolute atomic E-state index is 12.7. The summed E-state index contributed by atoms with van der Waals surface area (Å²) in [5.74, 6) is 1.13. The predicted molar refractivity (Wildman–Crippen MR) is 93.4 cm³/mol. The third-order valence-electron chi connectivity index (χ3n) is 5.42. The second kappa shape index (κ2) is 7.04. The summed E-state index contributed by atoms with van der Waals surface area (Å²) < 4.78 is 5.82. The number of piperazine rings is 1. The molecule has 2 saturated heterocycles. The van der Waals surface area contributed by atoms with Crippen molar-refractivity contribution in [1.82, 2.24) is 14.7 Å². The van der Waals surface area contributed by atoms with Gasteiger partial charge in [0, 0.05) is 45.7 Å². The van der Waals surface area contributed by atoms with Crippen LogP contribution in [-0.4, -0.2) is 78.4 Å². The molecule has 2 fully saturated rings. The van der Waals surface area contributed by atoms with Gasteiger partial charge in [0.15, 0.2) is 6.10 Å². The van der Waals surface area contributed by atoms with Crippen LogP contribution in [0.3, 0.4) is 0 Å². The maximum atomic E-state index is 12.7. The van der Waals surface area contributed by atoms with E-state index in [-0.39, 0.29) is 11.8 Å². The summed E-state index contributed by atoms with van der Waals surface area (Å²) in [6, 6.07) is 7.85. The number of amides is 2. The van der Waals surface area contributed by atoms with Gasteiger partial charge in [0.05, 0.1) is 6.54 Å². The molecule has 3 heterocycles. The Hall–Kier alpha value is -2.08. The van der Waals surface area contributed by atoms with Gasteiger partial charge >= 0.3 is 0 Å². The molecule has 25 heavy (non-hydrogen) atoms. The SMILES string of the molecule is O=C(CN1CCN(C(=O)C2Cc3ccccc3O2)CC1)N1CCCC1. The van der Waals surface area contributed by atoms with Crippen molar-refractivity contribution in [3.8, 4) is 5.75 Å². The van der Waals surface area contributed by atoms with Crippen molar-refractivity contribution in [1.29, 1.82) is 0 Å². The molecule has 1 unspecified atom stereocenters. The van der Waals surface area contributed by atoms with E-state index in [2.05, 4.69) is 4.90 Å². The summed E-state index contributed by atoms with van der Waals surface area (Å²) in [6.45, 7) is 5.13. The molecule has 6 heteroatoms. The van der Waals surface area contributed by atoms with Crippen molar-refractivity contribution in [2.75, 3.05) is 45.8 Å². The highest BCUT2D eigenvalue weighted by Gasteiger charge is 2.34. The fourth-order valence-corrected chi connectivity index (χ4v) is 3.91. The van der Waals surface area contributed by atoms with Crippen LogP contribution in [0.15, 0.2) is 24.3 Å². The molecule has 0 aromatic heterocycles. The molecule has 0 spiro atoms. The maximum Gasteiger partial charge on any atom is 0.264 e. The summed E-state index contributed by atoms with van der Waals surface area (Å²) in [4.78, 5) is 31.0. The topological polar surface area (TPSA) is 53.1 Å². The van der Waals surface area contributed by atoms with Gasteiger partial charge in [-0.3, -0.25) is 14.5 Å². The molecule has 1 aromatic rings. The average Bonchev–Trinajstić information content (AvgIpc) is 3.31. The molecule has 3 aliphatic rings. The number of hydrogen-bond donors (Lipinski definition) is 0. The van der Waals surface area contributed by atoms with E-state index in [9.17, 15) is 9.59 Å². The Morgan fingerprint density at radius 1 is 0.960 bits per heavy atom. The molecular weight excluding hydrogens is 318 g/mol. The monoisotopic (exact) mass is 343 g/mol. The number of likely N-dealkylation sites (tertiary alicyclic amines) is 1. The molecule has 0 aliphatic carbocycles. The van der Waals surface area contributed by atoms with Gasteiger partial charge < -0.3 is 14.5 Å². The Morgan fingerprint density at radius 2 is 1.68 bits per heavy atom. The third-order valence-corrected chi connectivity index (χ3v) is 5.42. The van der Waals surface area contributed by atoms with E-state index in [1.807, 2.05) is 34.1 Å². The van der Waals surface area contributed by atoms with Gasteiger partial charge in [-0.2, -0.15) is 0 Å². The normalized spacial score (nSPS) is 23.4. The van der Waals surface area contributed by atoms with Gasteiger partial charge in [0.1, 0.15) is 5.75 Å². The first-order valence-electron chi connectivity index (χ1n) is 9.24. The molecule has 2 amide bonds. The lowest BCUT2D eigenvalue weighted by molar-refractivity contribution is -0.140. The molecule has 0 bridgehead atoms. The number of fused-ring (bicyclic) bond motifs is 1. The van der Waals surface area contributed by atoms with Gasteiger partial charge in [-0.15, -0.1) is 0 Å². The van der Waals surface area contributed by atoms with Crippen LogP contribution in [0, 0.1) is 0 Å². The first kappa shape index (κ1) is 16.4. The molecule has 1 aromatic carbocycles. The number of hydrogen-bond acceptors (Lipinski definition) is 4. The summed E-state index contributed by atoms with van der Waals surface area (Å²) in [5, 5.41) is 0. The summed E-state index contributed by atoms with van der Waals surface area (Å²) >= 11 is 0. The standard InChI is InChI=1S/C19H25N3O3/c23-18(21-7-3-4-8-21)14-20-9-11-22(12-10-20)19(24)17-13-15-5-1-2-6-16(15)25-17/h1-2,5-6,17H,3-4,7-14H2. The van der Waals surface area contributed by atoms with Crippen LogP contribution >= 0.6 is 0 Å². The highest BCUT2D eigenvalue weighted by Crippen LogP contribution is 2.29. The van der Waals surface area contributed by atoms with Crippen molar-refractivity contribution in [2.24, 2.45) is 0 Å². The molecule has 4 rings (SSSR count). The molecule has 0 N–H and O–H groups in total. The first-order valence-corrected chi connectivity index (χ1v) is 9.24. The second-order valence-corrected chi connectivity index (χ2v) is 7.11. The van der Waals surface area contributed by atoms with E-state index < -0.39 is 6.10 Å². The predicted octanol–water partition coefficient (Wildman–Crippen LogP) is 0.757. The van der Waals surface area contributed by atoms with E-state index in [1.165, 1.54) is 0 Å². The largest absolute Gasteiger partial charge is 0.480 e. The molecule has 1 atom stereocenters. The fourth-order valence-electron chi connectivity index (χ4n) is 3.91. The van der Waals surface area contributed by atoms with Gasteiger partial charge in [-0.1, -0.05) is 18.2 Å². The van der Waals surface area contributed by atoms with Crippen LogP contribution in [0.2, 0.25) is 0 Å². The van der Waals surface area contributed by atoms with Crippen molar-refractivity contribution < 1.29 is 14.3 Å². The number of rotatable bonds is 3. The lowest BCUT2D eigenvalue weighted by atomic mass is 10.1. The molecule has 0 saturated carbocycles. The third kappa shape index (κ3) is 3.49. The fraction of sp³-hybridized carbons (Fsp3) is 0.579. The summed E-state index contributed by atoms with van der Waals surface area (Å²) in [6.07, 6.45) is 2.51. The van der Waals surface area contributed by atoms with Crippen molar-refractivity contribution in [3.05, 3.63) is 29.8 Å². The molecule has 134 valence electrons. The Morgan fingerprint density at radius 3 is 2.40 bits per heavy atom. The highest BCUT2D eigenvalue weighted by atomic mass is 16.5. The van der Waals surface area contributed by atoms with Crippen LogP contribution in [0.5, 0.6) is 5.75 Å². The Kier molecular flexibility index (Phi) is 4.61. The van der Waals surface area contributed by atoms with Gasteiger partial charge in [-0.05, 0) is 24.5 Å². The average molecular weight is 343 g/mol. The van der Waals surface area contributed by atoms with E-state index >= 15 is 0 Å². The first-order chi connectivity index (χ1) is 12.2. The van der Waals surface area contributed by atoms with Gasteiger partial charge in [-0.25, -0.2) is 0 Å². The lowest BCUT2D eigenvalue weighted by Gasteiger charge is -2.35. The Bertz CT molecular complexity index is 624. The molecular formula is C19H25N3O3. The minimum Gasteiger partial charge on any atom is -0.480 e. The van der Waals surface area contributed by atoms with Crippen LogP contribution in [0.25, 0.3) is 0 Å². The van der Waals surface area contributed by atoms with Crippen molar-refractivity contribution >= 4 is 11.8 Å². The van der Waals surface area contributed by atoms with Crippen molar-refractivity contribution in [3.63, 3.8) is 0 Å². The van der Waals surface area contributed by atoms with E-state index in [0.29, 0.717) is 26.1 Å². The van der Waals surface area contributed by atoms with Gasteiger partial charge in [0.2, 0.25) is 5.91 Å². The van der Waals surface area contributed by atoms with Crippen molar-refractivity contribution in [2.45, 2.75) is 25.4 Å². The number of ether oxygens (including phenoxy) is 1. The van der Waals surface area contributed by atoms with E-state index in [4.69, 9.17) is 4.74 Å². The van der Waals surface area contributed by atoms with Crippen LogP contribution in [0.4, 0.5) is 0 Å². The molecule has 6 nitrogen and oxygen atoms in total. The molecule has 0 radical (unpaired) electrons. The smallest absolute Gasteiger partial charge is 0.264 e. The minimum atomic E-state index is -0.393. The highest BCUT2D eigenvalue weighted by molar-refractivity contribution is 5.83. The minimum absolute atomic E-state index is 0.0710. The zero-order chi connectivity index (χ0) is 17.2. The summed E-state index contributed by atoms with van der Waals surface area (Å²) in [7, 11) is 0. The number of nitrogens with zero attached hydrogens (tertiary/aromatic N) is 3. The van der Waals surface area contributed by atoms with E-state index in [1.54, 1.807) is 0 Å². The van der Waals surface area contributed by atoms with Crippen LogP contribution in [0.1, 0.15) is 18.4 Å². The summed E-state index contributed by atoms with van der Waals surface area (Å²) in [5.41, 5.74) is 1.11. The number of carbonyl (C=O) groups is 2. The van der Waals surface area contributed by atoms with E-state index in [0.717, 1.165) is 50.3 Å². The van der Waals surface area contributed by atoms with Gasteiger partial charge in [0.25, 0.3) is 5.91 Å². The quantitative estimate of drug-likeness (QED) is 0.813. The van der Waals surface area contributed by atoms with Crippen LogP contribution in [-0.2, 0) is 16.0 Å². The number of benzene rings is 1. The Balaban J connectivity index is 1.26. The number of para-hydroxylation sites is 1. The zero-order valence-electron chi connectivity index (χ0n) is 14.5. The lowest BCUT2D eigenvalue weighted by Crippen LogP contribution is -2.53. The molecule has 3 aliphatic heterocycles. The second-order valence-electron chi connectivity index (χ2n) is 7.11. The number of carbonyl (C=O) groups excluding carboxylic acids is 2. The Labute approximate surface area is 148 Å². The van der Waals surface area contributed by atoms with Crippen LogP contribution < -0.4 is 4.74 Å². The zero-order valence-corrected chi connectivity index (χ0v) is 14.5.